The van der Waals surface area contributed by atoms with Gasteiger partial charge in [-0.25, -0.2) is 8.78 Å². The van der Waals surface area contributed by atoms with Crippen molar-refractivity contribution in [3.05, 3.63) is 42.2 Å². The zero-order valence-corrected chi connectivity index (χ0v) is 10.7. The molecule has 0 aliphatic carbocycles. The lowest BCUT2D eigenvalue weighted by atomic mass is 10.0. The van der Waals surface area contributed by atoms with Crippen LogP contribution in [0.15, 0.2) is 30.6 Å². The number of nitrogens with zero attached hydrogens (tertiary/aromatic N) is 2. The fourth-order valence-corrected chi connectivity index (χ4v) is 2.19. The molecule has 0 unspecified atom stereocenters. The van der Waals surface area contributed by atoms with E-state index < -0.39 is 11.6 Å². The number of pyridine rings is 1. The SMILES string of the molecule is CN1C(=O)CNc2cc(-c3cncc(F)c3)c(F)cc21. The molecule has 1 aromatic carbocycles. The first-order valence-electron chi connectivity index (χ1n) is 6.01. The van der Waals surface area contributed by atoms with E-state index >= 15 is 0 Å². The number of rotatable bonds is 1. The molecule has 0 radical (unpaired) electrons. The minimum Gasteiger partial charge on any atom is -0.374 e. The summed E-state index contributed by atoms with van der Waals surface area (Å²) in [5.74, 6) is -1.20. The predicted molar refractivity (Wildman–Crippen MR) is 71.5 cm³/mol. The van der Waals surface area contributed by atoms with Crippen molar-refractivity contribution in [1.29, 1.82) is 0 Å². The summed E-state index contributed by atoms with van der Waals surface area (Å²) in [6.45, 7) is 0.149. The Morgan fingerprint density at radius 2 is 2.05 bits per heavy atom. The third-order valence-corrected chi connectivity index (χ3v) is 3.27. The molecule has 3 rings (SSSR count). The smallest absolute Gasteiger partial charge is 0.246 e. The largest absolute Gasteiger partial charge is 0.374 e. The minimum atomic E-state index is -0.528. The van der Waals surface area contributed by atoms with Crippen LogP contribution in [0.5, 0.6) is 0 Å². The number of anilines is 2. The van der Waals surface area contributed by atoms with Crippen LogP contribution in [0.1, 0.15) is 0 Å². The fourth-order valence-electron chi connectivity index (χ4n) is 2.19. The normalized spacial score (nSPS) is 13.9. The first kappa shape index (κ1) is 12.5. The van der Waals surface area contributed by atoms with Crippen molar-refractivity contribution in [2.75, 3.05) is 23.8 Å². The van der Waals surface area contributed by atoms with Crippen molar-refractivity contribution in [3.63, 3.8) is 0 Å². The Balaban J connectivity index is 2.13. The highest BCUT2D eigenvalue weighted by Gasteiger charge is 2.22. The van der Waals surface area contributed by atoms with Crippen molar-refractivity contribution >= 4 is 17.3 Å². The number of likely N-dealkylation sites (N-methyl/N-ethyl adjacent to an activating group) is 1. The summed E-state index contributed by atoms with van der Waals surface area (Å²) < 4.78 is 27.4. The van der Waals surface area contributed by atoms with Gasteiger partial charge >= 0.3 is 0 Å². The number of benzene rings is 1. The van der Waals surface area contributed by atoms with E-state index in [0.717, 1.165) is 6.20 Å². The highest BCUT2D eigenvalue weighted by atomic mass is 19.1. The lowest BCUT2D eigenvalue weighted by Crippen LogP contribution is -2.36. The number of fused-ring (bicyclic) bond motifs is 1. The second-order valence-corrected chi connectivity index (χ2v) is 4.55. The topological polar surface area (TPSA) is 45.2 Å². The first-order chi connectivity index (χ1) is 9.56. The standard InChI is InChI=1S/C14H11F2N3O/c1-19-13-4-11(16)10(3-12(13)18-7-14(19)20)8-2-9(15)6-17-5-8/h2-6,18H,7H2,1H3. The summed E-state index contributed by atoms with van der Waals surface area (Å²) in [5, 5.41) is 2.92. The Morgan fingerprint density at radius 1 is 1.25 bits per heavy atom. The molecular weight excluding hydrogens is 264 g/mol. The van der Waals surface area contributed by atoms with Crippen molar-refractivity contribution in [2.45, 2.75) is 0 Å². The quantitative estimate of drug-likeness (QED) is 0.869. The van der Waals surface area contributed by atoms with E-state index in [1.807, 2.05) is 0 Å². The molecule has 1 aliphatic heterocycles. The van der Waals surface area contributed by atoms with Gasteiger partial charge in [0.15, 0.2) is 0 Å². The Bertz CT molecular complexity index is 703. The van der Waals surface area contributed by atoms with Crippen molar-refractivity contribution in [2.24, 2.45) is 0 Å². The van der Waals surface area contributed by atoms with Gasteiger partial charge in [-0.1, -0.05) is 0 Å². The zero-order chi connectivity index (χ0) is 14.3. The molecule has 1 aliphatic rings. The van der Waals surface area contributed by atoms with E-state index in [4.69, 9.17) is 0 Å². The number of amides is 1. The van der Waals surface area contributed by atoms with Gasteiger partial charge in [0, 0.05) is 30.4 Å². The maximum absolute atomic E-state index is 14.2. The Labute approximate surface area is 114 Å². The molecule has 4 nitrogen and oxygen atoms in total. The molecule has 2 heterocycles. The minimum absolute atomic E-state index is 0.142. The number of carbonyl (C=O) groups is 1. The van der Waals surface area contributed by atoms with Crippen LogP contribution in [-0.2, 0) is 4.79 Å². The van der Waals surface area contributed by atoms with Crippen molar-refractivity contribution in [1.82, 2.24) is 4.98 Å². The molecule has 0 fully saturated rings. The molecule has 1 amide bonds. The van der Waals surface area contributed by atoms with Gasteiger partial charge in [-0.05, 0) is 12.1 Å². The molecule has 0 saturated heterocycles. The van der Waals surface area contributed by atoms with Crippen molar-refractivity contribution < 1.29 is 13.6 Å². The Morgan fingerprint density at radius 3 is 2.80 bits per heavy atom. The van der Waals surface area contributed by atoms with E-state index in [9.17, 15) is 13.6 Å². The molecule has 102 valence electrons. The number of carbonyl (C=O) groups excluding carboxylic acids is 1. The second-order valence-electron chi connectivity index (χ2n) is 4.55. The van der Waals surface area contributed by atoms with Crippen LogP contribution in [-0.4, -0.2) is 24.5 Å². The zero-order valence-electron chi connectivity index (χ0n) is 10.7. The molecule has 20 heavy (non-hydrogen) atoms. The lowest BCUT2D eigenvalue weighted by Gasteiger charge is -2.27. The molecule has 0 spiro atoms. The highest BCUT2D eigenvalue weighted by molar-refractivity contribution is 6.02. The maximum Gasteiger partial charge on any atom is 0.246 e. The van der Waals surface area contributed by atoms with Crippen LogP contribution in [0.2, 0.25) is 0 Å². The molecular formula is C14H11F2N3O. The summed E-state index contributed by atoms with van der Waals surface area (Å²) in [6.07, 6.45) is 2.45. The van der Waals surface area contributed by atoms with E-state index in [1.165, 1.54) is 23.2 Å². The monoisotopic (exact) mass is 275 g/mol. The van der Waals surface area contributed by atoms with Crippen LogP contribution in [0.25, 0.3) is 11.1 Å². The molecule has 0 atom stereocenters. The fraction of sp³-hybridized carbons (Fsp3) is 0.143. The second kappa shape index (κ2) is 4.56. The van der Waals surface area contributed by atoms with Gasteiger partial charge in [-0.3, -0.25) is 9.78 Å². The molecule has 2 aromatic rings. The van der Waals surface area contributed by atoms with Gasteiger partial charge in [0.05, 0.1) is 24.1 Å². The third-order valence-electron chi connectivity index (χ3n) is 3.27. The summed E-state index contributed by atoms with van der Waals surface area (Å²) in [7, 11) is 1.59. The number of nitrogens with one attached hydrogen (secondary N) is 1. The van der Waals surface area contributed by atoms with E-state index in [-0.39, 0.29) is 18.0 Å². The van der Waals surface area contributed by atoms with Gasteiger partial charge in [-0.2, -0.15) is 0 Å². The maximum atomic E-state index is 14.2. The Hall–Kier alpha value is -2.50. The van der Waals surface area contributed by atoms with Crippen LogP contribution < -0.4 is 10.2 Å². The van der Waals surface area contributed by atoms with Gasteiger partial charge < -0.3 is 10.2 Å². The number of hydrogen-bond donors (Lipinski definition) is 1. The van der Waals surface area contributed by atoms with Gasteiger partial charge in [0.1, 0.15) is 11.6 Å². The molecule has 1 aromatic heterocycles. The average Bonchev–Trinajstić information content (AvgIpc) is 2.43. The van der Waals surface area contributed by atoms with Crippen LogP contribution in [0.3, 0.4) is 0 Å². The number of aromatic nitrogens is 1. The average molecular weight is 275 g/mol. The molecule has 0 saturated carbocycles. The predicted octanol–water partition coefficient (Wildman–Crippen LogP) is 2.42. The van der Waals surface area contributed by atoms with E-state index in [2.05, 4.69) is 10.3 Å². The molecule has 6 heteroatoms. The van der Waals surface area contributed by atoms with Gasteiger partial charge in [0.2, 0.25) is 5.91 Å². The summed E-state index contributed by atoms with van der Waals surface area (Å²) in [4.78, 5) is 16.7. The molecule has 1 N–H and O–H groups in total. The van der Waals surface area contributed by atoms with Gasteiger partial charge in [-0.15, -0.1) is 0 Å². The summed E-state index contributed by atoms with van der Waals surface area (Å²) in [6, 6.07) is 4.04. The van der Waals surface area contributed by atoms with E-state index in [0.29, 0.717) is 16.9 Å². The summed E-state index contributed by atoms with van der Waals surface area (Å²) >= 11 is 0. The van der Waals surface area contributed by atoms with Crippen LogP contribution >= 0.6 is 0 Å². The highest BCUT2D eigenvalue weighted by Crippen LogP contribution is 2.35. The third kappa shape index (κ3) is 1.99. The van der Waals surface area contributed by atoms with E-state index in [1.54, 1.807) is 13.1 Å². The number of halogens is 2. The van der Waals surface area contributed by atoms with Crippen LogP contribution in [0.4, 0.5) is 20.2 Å². The first-order valence-corrected chi connectivity index (χ1v) is 6.01. The summed E-state index contributed by atoms with van der Waals surface area (Å²) in [5.41, 5.74) is 1.69. The Kier molecular flexibility index (Phi) is 2.85. The number of hydrogen-bond acceptors (Lipinski definition) is 3. The lowest BCUT2D eigenvalue weighted by molar-refractivity contribution is -0.116. The van der Waals surface area contributed by atoms with Crippen molar-refractivity contribution in [3.8, 4) is 11.1 Å². The van der Waals surface area contributed by atoms with Gasteiger partial charge in [0.25, 0.3) is 0 Å². The molecule has 0 bridgehead atoms. The van der Waals surface area contributed by atoms with Crippen LogP contribution in [0, 0.1) is 11.6 Å².